The molecule has 0 heterocycles. The van der Waals surface area contributed by atoms with Crippen LogP contribution >= 0.6 is 0 Å². The zero-order valence-electron chi connectivity index (χ0n) is 16.9. The maximum Gasteiger partial charge on any atom is 0.239 e. The predicted molar refractivity (Wildman–Crippen MR) is 109 cm³/mol. The third-order valence-electron chi connectivity index (χ3n) is 4.49. The average Bonchev–Trinajstić information content (AvgIpc) is 2.66. The SMILES string of the molecule is CCN(CC(=O)NCc1ccc(F)cc1)C(=O)Cc1ccc(CC(C)C)cc1. The number of nitrogens with one attached hydrogen (secondary N) is 1. The Morgan fingerprint density at radius 2 is 1.54 bits per heavy atom. The summed E-state index contributed by atoms with van der Waals surface area (Å²) in [6.07, 6.45) is 1.30. The molecule has 4 nitrogen and oxygen atoms in total. The number of nitrogens with zero attached hydrogens (tertiary/aromatic N) is 1. The highest BCUT2D eigenvalue weighted by atomic mass is 19.1. The average molecular weight is 384 g/mol. The van der Waals surface area contributed by atoms with Crippen molar-refractivity contribution in [2.75, 3.05) is 13.1 Å². The summed E-state index contributed by atoms with van der Waals surface area (Å²) in [7, 11) is 0. The smallest absolute Gasteiger partial charge is 0.239 e. The van der Waals surface area contributed by atoms with Gasteiger partial charge in [0.05, 0.1) is 13.0 Å². The van der Waals surface area contributed by atoms with Crippen molar-refractivity contribution in [1.29, 1.82) is 0 Å². The van der Waals surface area contributed by atoms with Crippen molar-refractivity contribution in [3.8, 4) is 0 Å². The number of rotatable bonds is 9. The quantitative estimate of drug-likeness (QED) is 0.716. The van der Waals surface area contributed by atoms with Gasteiger partial charge in [0.2, 0.25) is 11.8 Å². The van der Waals surface area contributed by atoms with E-state index >= 15 is 0 Å². The predicted octanol–water partition coefficient (Wildman–Crippen LogP) is 3.73. The van der Waals surface area contributed by atoms with Crippen molar-refractivity contribution in [2.24, 2.45) is 5.92 Å². The third kappa shape index (κ3) is 7.14. The summed E-state index contributed by atoms with van der Waals surface area (Å²) in [4.78, 5) is 26.3. The maximum atomic E-state index is 12.9. The van der Waals surface area contributed by atoms with Crippen molar-refractivity contribution in [3.63, 3.8) is 0 Å². The minimum Gasteiger partial charge on any atom is -0.350 e. The van der Waals surface area contributed by atoms with E-state index in [1.54, 1.807) is 17.0 Å². The van der Waals surface area contributed by atoms with Gasteiger partial charge in [-0.2, -0.15) is 0 Å². The van der Waals surface area contributed by atoms with E-state index in [2.05, 4.69) is 31.3 Å². The fraction of sp³-hybridized carbons (Fsp3) is 0.391. The Morgan fingerprint density at radius 3 is 2.11 bits per heavy atom. The van der Waals surface area contributed by atoms with Crippen LogP contribution in [0.1, 0.15) is 37.5 Å². The highest BCUT2D eigenvalue weighted by Gasteiger charge is 2.16. The molecule has 0 bridgehead atoms. The maximum absolute atomic E-state index is 12.9. The lowest BCUT2D eigenvalue weighted by molar-refractivity contribution is -0.135. The van der Waals surface area contributed by atoms with Crippen LogP contribution in [0.3, 0.4) is 0 Å². The molecule has 0 unspecified atom stereocenters. The van der Waals surface area contributed by atoms with Crippen LogP contribution in [-0.2, 0) is 29.0 Å². The van der Waals surface area contributed by atoms with Gasteiger partial charge in [-0.25, -0.2) is 4.39 Å². The van der Waals surface area contributed by atoms with Gasteiger partial charge in [0.1, 0.15) is 5.82 Å². The first-order valence-electron chi connectivity index (χ1n) is 9.74. The molecule has 0 atom stereocenters. The second-order valence-electron chi connectivity index (χ2n) is 7.40. The van der Waals surface area contributed by atoms with Crippen LogP contribution in [0.5, 0.6) is 0 Å². The minimum atomic E-state index is -0.310. The molecular formula is C23H29FN2O2. The van der Waals surface area contributed by atoms with Crippen LogP contribution in [0, 0.1) is 11.7 Å². The lowest BCUT2D eigenvalue weighted by Crippen LogP contribution is -2.41. The van der Waals surface area contributed by atoms with Gasteiger partial charge in [-0.15, -0.1) is 0 Å². The normalized spacial score (nSPS) is 10.8. The molecule has 0 spiro atoms. The van der Waals surface area contributed by atoms with E-state index in [1.807, 2.05) is 19.1 Å². The van der Waals surface area contributed by atoms with Gasteiger partial charge >= 0.3 is 0 Å². The molecule has 0 saturated heterocycles. The van der Waals surface area contributed by atoms with Gasteiger partial charge < -0.3 is 10.2 Å². The fourth-order valence-corrected chi connectivity index (χ4v) is 2.96. The molecule has 0 aromatic heterocycles. The highest BCUT2D eigenvalue weighted by molar-refractivity contribution is 5.85. The zero-order chi connectivity index (χ0) is 20.5. The number of carbonyl (C=O) groups excluding carboxylic acids is 2. The van der Waals surface area contributed by atoms with E-state index in [1.165, 1.54) is 17.7 Å². The molecule has 0 aliphatic carbocycles. The number of amides is 2. The molecule has 1 N–H and O–H groups in total. The van der Waals surface area contributed by atoms with Crippen molar-refractivity contribution in [1.82, 2.24) is 10.2 Å². The summed E-state index contributed by atoms with van der Waals surface area (Å²) < 4.78 is 12.9. The van der Waals surface area contributed by atoms with Crippen molar-refractivity contribution < 1.29 is 14.0 Å². The van der Waals surface area contributed by atoms with Gasteiger partial charge in [0.15, 0.2) is 0 Å². The first-order valence-corrected chi connectivity index (χ1v) is 9.74. The number of hydrogen-bond donors (Lipinski definition) is 1. The number of benzene rings is 2. The van der Waals surface area contributed by atoms with Gasteiger partial charge in [-0.3, -0.25) is 9.59 Å². The van der Waals surface area contributed by atoms with Crippen LogP contribution in [0.15, 0.2) is 48.5 Å². The summed E-state index contributed by atoms with van der Waals surface area (Å²) in [5, 5.41) is 2.77. The number of likely N-dealkylation sites (N-methyl/N-ethyl adjacent to an activating group) is 1. The van der Waals surface area contributed by atoms with E-state index in [-0.39, 0.29) is 30.6 Å². The summed E-state index contributed by atoms with van der Waals surface area (Å²) in [5.74, 6) is -0.0191. The van der Waals surface area contributed by atoms with E-state index in [4.69, 9.17) is 0 Å². The zero-order valence-corrected chi connectivity index (χ0v) is 16.9. The minimum absolute atomic E-state index is 0.0158. The molecule has 0 fully saturated rings. The van der Waals surface area contributed by atoms with Gasteiger partial charge in [-0.1, -0.05) is 50.2 Å². The molecule has 2 amide bonds. The Bertz CT molecular complexity index is 770. The lowest BCUT2D eigenvalue weighted by Gasteiger charge is -2.20. The summed E-state index contributed by atoms with van der Waals surface area (Å²) in [5.41, 5.74) is 3.02. The van der Waals surface area contributed by atoms with Crippen LogP contribution in [0.2, 0.25) is 0 Å². The Kier molecular flexibility index (Phi) is 8.18. The van der Waals surface area contributed by atoms with Crippen LogP contribution in [0.25, 0.3) is 0 Å². The Hall–Kier alpha value is -2.69. The molecule has 0 aliphatic heterocycles. The number of hydrogen-bond acceptors (Lipinski definition) is 2. The lowest BCUT2D eigenvalue weighted by atomic mass is 10.0. The Balaban J connectivity index is 1.84. The van der Waals surface area contributed by atoms with E-state index in [0.717, 1.165) is 17.5 Å². The number of carbonyl (C=O) groups is 2. The monoisotopic (exact) mass is 384 g/mol. The molecule has 0 saturated carbocycles. The van der Waals surface area contributed by atoms with Gasteiger partial charge in [0, 0.05) is 13.1 Å². The first-order chi connectivity index (χ1) is 13.4. The van der Waals surface area contributed by atoms with Crippen LogP contribution in [-0.4, -0.2) is 29.8 Å². The first kappa shape index (κ1) is 21.6. The molecule has 0 radical (unpaired) electrons. The summed E-state index contributed by atoms with van der Waals surface area (Å²) in [6, 6.07) is 14.1. The van der Waals surface area contributed by atoms with E-state index in [9.17, 15) is 14.0 Å². The topological polar surface area (TPSA) is 49.4 Å². The Morgan fingerprint density at radius 1 is 0.964 bits per heavy atom. The molecule has 150 valence electrons. The van der Waals surface area contributed by atoms with Crippen molar-refractivity contribution in [3.05, 3.63) is 71.0 Å². The Labute approximate surface area is 166 Å². The summed E-state index contributed by atoms with van der Waals surface area (Å²) >= 11 is 0. The number of halogens is 1. The van der Waals surface area contributed by atoms with Gasteiger partial charge in [0.25, 0.3) is 0 Å². The van der Waals surface area contributed by atoms with Crippen molar-refractivity contribution in [2.45, 2.75) is 40.2 Å². The molecule has 2 aromatic carbocycles. The standard InChI is InChI=1S/C23H29FN2O2/c1-4-26(16-22(27)25-15-20-9-11-21(24)12-10-20)23(28)14-19-7-5-18(6-8-19)13-17(2)3/h5-12,17H,4,13-16H2,1-3H3,(H,25,27). The highest BCUT2D eigenvalue weighted by Crippen LogP contribution is 2.11. The van der Waals surface area contributed by atoms with Crippen molar-refractivity contribution >= 4 is 11.8 Å². The molecule has 2 rings (SSSR count). The van der Waals surface area contributed by atoms with Crippen LogP contribution < -0.4 is 5.32 Å². The third-order valence-corrected chi connectivity index (χ3v) is 4.49. The molecule has 28 heavy (non-hydrogen) atoms. The van der Waals surface area contributed by atoms with Crippen LogP contribution in [0.4, 0.5) is 4.39 Å². The molecular weight excluding hydrogens is 355 g/mol. The second kappa shape index (κ2) is 10.6. The summed E-state index contributed by atoms with van der Waals surface area (Å²) in [6.45, 7) is 7.00. The van der Waals surface area contributed by atoms with E-state index < -0.39 is 0 Å². The molecule has 5 heteroatoms. The molecule has 0 aliphatic rings. The van der Waals surface area contributed by atoms with E-state index in [0.29, 0.717) is 19.0 Å². The fourth-order valence-electron chi connectivity index (χ4n) is 2.96. The largest absolute Gasteiger partial charge is 0.350 e. The molecule has 2 aromatic rings. The second-order valence-corrected chi connectivity index (χ2v) is 7.40. The van der Waals surface area contributed by atoms with Gasteiger partial charge in [-0.05, 0) is 48.1 Å².